The Hall–Kier alpha value is -3.23. The molecule has 0 saturated carbocycles. The van der Waals surface area contributed by atoms with Gasteiger partial charge in [-0.1, -0.05) is 6.92 Å². The zero-order chi connectivity index (χ0) is 20.7. The van der Waals surface area contributed by atoms with E-state index < -0.39 is 0 Å². The number of ether oxygens (including phenoxy) is 2. The molecule has 9 nitrogen and oxygen atoms in total. The first kappa shape index (κ1) is 19.1. The lowest BCUT2D eigenvalue weighted by molar-refractivity contribution is 0.403. The van der Waals surface area contributed by atoms with Gasteiger partial charge in [0.25, 0.3) is 5.56 Å². The Morgan fingerprint density at radius 2 is 1.93 bits per heavy atom. The fourth-order valence-corrected chi connectivity index (χ4v) is 3.92. The number of hydrogen-bond donors (Lipinski definition) is 0. The van der Waals surface area contributed by atoms with Crippen LogP contribution in [0.4, 0.5) is 11.6 Å². The largest absolute Gasteiger partial charge is 0.497 e. The molecule has 29 heavy (non-hydrogen) atoms. The van der Waals surface area contributed by atoms with Crippen molar-refractivity contribution >= 4 is 22.8 Å². The molecule has 3 aromatic rings. The van der Waals surface area contributed by atoms with Crippen LogP contribution in [-0.2, 0) is 20.1 Å². The van der Waals surface area contributed by atoms with Crippen molar-refractivity contribution in [3.63, 3.8) is 0 Å². The Labute approximate surface area is 167 Å². The average molecular weight is 399 g/mol. The summed E-state index contributed by atoms with van der Waals surface area (Å²) in [6.07, 6.45) is 1.53. The van der Waals surface area contributed by atoms with Gasteiger partial charge >= 0.3 is 5.69 Å². The van der Waals surface area contributed by atoms with Crippen molar-refractivity contribution in [2.45, 2.75) is 32.9 Å². The zero-order valence-corrected chi connectivity index (χ0v) is 17.1. The zero-order valence-electron chi connectivity index (χ0n) is 17.1. The van der Waals surface area contributed by atoms with Crippen LogP contribution in [0.25, 0.3) is 11.2 Å². The second-order valence-electron chi connectivity index (χ2n) is 7.08. The highest BCUT2D eigenvalue weighted by atomic mass is 16.5. The van der Waals surface area contributed by atoms with Gasteiger partial charge in [0, 0.05) is 32.7 Å². The van der Waals surface area contributed by atoms with Crippen molar-refractivity contribution < 1.29 is 9.47 Å². The molecule has 0 spiro atoms. The second kappa shape index (κ2) is 7.31. The minimum atomic E-state index is -0.342. The van der Waals surface area contributed by atoms with E-state index in [2.05, 4.69) is 0 Å². The van der Waals surface area contributed by atoms with Crippen LogP contribution < -0.4 is 25.6 Å². The SMILES string of the molecule is CCCn1c(=O)c2c(nc3n2CCCN3c2cc(OC)ccc2OC)n(C)c1=O. The van der Waals surface area contributed by atoms with E-state index in [0.29, 0.717) is 54.7 Å². The van der Waals surface area contributed by atoms with Gasteiger partial charge in [-0.05, 0) is 25.0 Å². The monoisotopic (exact) mass is 399 g/mol. The summed E-state index contributed by atoms with van der Waals surface area (Å²) in [6.45, 7) is 3.70. The van der Waals surface area contributed by atoms with Crippen molar-refractivity contribution in [3.8, 4) is 11.5 Å². The summed E-state index contributed by atoms with van der Waals surface area (Å²) < 4.78 is 15.6. The smallest absolute Gasteiger partial charge is 0.332 e. The number of hydrogen-bond acceptors (Lipinski definition) is 6. The maximum absolute atomic E-state index is 13.1. The van der Waals surface area contributed by atoms with Gasteiger partial charge in [0.05, 0.1) is 19.9 Å². The molecular formula is C20H25N5O4. The molecule has 1 aliphatic heterocycles. The van der Waals surface area contributed by atoms with E-state index in [9.17, 15) is 9.59 Å². The number of benzene rings is 1. The van der Waals surface area contributed by atoms with Gasteiger partial charge in [-0.15, -0.1) is 0 Å². The number of aryl methyl sites for hydroxylation is 2. The lowest BCUT2D eigenvalue weighted by Gasteiger charge is -2.30. The lowest BCUT2D eigenvalue weighted by atomic mass is 10.2. The maximum atomic E-state index is 13.1. The summed E-state index contributed by atoms with van der Waals surface area (Å²) >= 11 is 0. The molecule has 3 heterocycles. The van der Waals surface area contributed by atoms with Crippen molar-refractivity contribution in [1.82, 2.24) is 18.7 Å². The quantitative estimate of drug-likeness (QED) is 0.651. The van der Waals surface area contributed by atoms with Crippen LogP contribution in [0, 0.1) is 0 Å². The third-order valence-electron chi connectivity index (χ3n) is 5.34. The summed E-state index contributed by atoms with van der Waals surface area (Å²) in [5, 5.41) is 0. The maximum Gasteiger partial charge on any atom is 0.332 e. The van der Waals surface area contributed by atoms with Gasteiger partial charge in [0.1, 0.15) is 11.5 Å². The first-order valence-electron chi connectivity index (χ1n) is 9.71. The van der Waals surface area contributed by atoms with Gasteiger partial charge in [0.15, 0.2) is 11.2 Å². The van der Waals surface area contributed by atoms with Crippen LogP contribution >= 0.6 is 0 Å². The summed E-state index contributed by atoms with van der Waals surface area (Å²) in [7, 11) is 4.89. The summed E-state index contributed by atoms with van der Waals surface area (Å²) in [5.74, 6) is 2.01. The van der Waals surface area contributed by atoms with Crippen molar-refractivity contribution in [2.24, 2.45) is 7.05 Å². The minimum Gasteiger partial charge on any atom is -0.497 e. The number of anilines is 2. The number of rotatable bonds is 5. The summed E-state index contributed by atoms with van der Waals surface area (Å²) in [5.41, 5.74) is 1.04. The molecule has 154 valence electrons. The Bertz CT molecular complexity index is 1190. The van der Waals surface area contributed by atoms with E-state index in [1.54, 1.807) is 21.3 Å². The summed E-state index contributed by atoms with van der Waals surface area (Å²) in [4.78, 5) is 32.5. The average Bonchev–Trinajstić information content (AvgIpc) is 3.14. The van der Waals surface area contributed by atoms with E-state index >= 15 is 0 Å². The Balaban J connectivity index is 1.99. The molecule has 0 amide bonds. The van der Waals surface area contributed by atoms with E-state index in [-0.39, 0.29) is 11.2 Å². The highest BCUT2D eigenvalue weighted by Crippen LogP contribution is 2.38. The molecule has 1 aromatic carbocycles. The molecule has 1 aliphatic rings. The molecular weight excluding hydrogens is 374 g/mol. The number of methoxy groups -OCH3 is 2. The van der Waals surface area contributed by atoms with Crippen LogP contribution in [-0.4, -0.2) is 39.4 Å². The first-order chi connectivity index (χ1) is 14.0. The Kier molecular flexibility index (Phi) is 4.81. The predicted molar refractivity (Wildman–Crippen MR) is 111 cm³/mol. The lowest BCUT2D eigenvalue weighted by Crippen LogP contribution is -2.39. The molecule has 0 bridgehead atoms. The fraction of sp³-hybridized carbons (Fsp3) is 0.450. The minimum absolute atomic E-state index is 0.289. The molecule has 0 N–H and O–H groups in total. The van der Waals surface area contributed by atoms with Crippen molar-refractivity contribution in [1.29, 1.82) is 0 Å². The van der Waals surface area contributed by atoms with Crippen LogP contribution in [0.2, 0.25) is 0 Å². The first-order valence-corrected chi connectivity index (χ1v) is 9.71. The fourth-order valence-electron chi connectivity index (χ4n) is 3.92. The third-order valence-corrected chi connectivity index (χ3v) is 5.34. The number of nitrogens with zero attached hydrogens (tertiary/aromatic N) is 5. The van der Waals surface area contributed by atoms with E-state index in [1.165, 1.54) is 9.13 Å². The summed E-state index contributed by atoms with van der Waals surface area (Å²) in [6, 6.07) is 5.57. The number of fused-ring (bicyclic) bond motifs is 3. The molecule has 0 unspecified atom stereocenters. The van der Waals surface area contributed by atoms with Crippen LogP contribution in [0.1, 0.15) is 19.8 Å². The standard InChI is InChI=1S/C20H25N5O4/c1-5-9-25-18(26)16-17(22(2)20(25)27)21-19-23(10-6-11-24(16)19)14-12-13(28-3)7-8-15(14)29-4/h7-8,12H,5-6,9-11H2,1-4H3. The number of imidazole rings is 1. The van der Waals surface area contributed by atoms with Gasteiger partial charge in [-0.3, -0.25) is 13.9 Å². The second-order valence-corrected chi connectivity index (χ2v) is 7.08. The van der Waals surface area contributed by atoms with Crippen molar-refractivity contribution in [3.05, 3.63) is 39.0 Å². The highest BCUT2D eigenvalue weighted by Gasteiger charge is 2.28. The van der Waals surface area contributed by atoms with Crippen LogP contribution in [0.5, 0.6) is 11.5 Å². The predicted octanol–water partition coefficient (Wildman–Crippen LogP) is 1.87. The number of aromatic nitrogens is 4. The van der Waals surface area contributed by atoms with Gasteiger partial charge < -0.3 is 18.9 Å². The molecule has 0 fully saturated rings. The molecule has 0 aliphatic carbocycles. The normalized spacial score (nSPS) is 13.6. The molecule has 0 atom stereocenters. The Morgan fingerprint density at radius 3 is 2.62 bits per heavy atom. The van der Waals surface area contributed by atoms with Crippen LogP contribution in [0.15, 0.2) is 27.8 Å². The molecule has 2 aromatic heterocycles. The van der Waals surface area contributed by atoms with Gasteiger partial charge in [-0.25, -0.2) is 4.79 Å². The molecule has 0 saturated heterocycles. The van der Waals surface area contributed by atoms with Gasteiger partial charge in [-0.2, -0.15) is 4.98 Å². The Morgan fingerprint density at radius 1 is 1.14 bits per heavy atom. The molecule has 9 heteroatoms. The third kappa shape index (κ3) is 2.88. The van der Waals surface area contributed by atoms with Gasteiger partial charge in [0.2, 0.25) is 5.95 Å². The van der Waals surface area contributed by atoms with E-state index in [0.717, 1.165) is 12.1 Å². The highest BCUT2D eigenvalue weighted by molar-refractivity contribution is 5.78. The molecule has 4 rings (SSSR count). The topological polar surface area (TPSA) is 83.5 Å². The van der Waals surface area contributed by atoms with E-state index in [4.69, 9.17) is 14.5 Å². The van der Waals surface area contributed by atoms with Crippen molar-refractivity contribution in [2.75, 3.05) is 25.7 Å². The van der Waals surface area contributed by atoms with E-state index in [1.807, 2.05) is 34.6 Å². The molecule has 0 radical (unpaired) electrons. The van der Waals surface area contributed by atoms with Crippen LogP contribution in [0.3, 0.4) is 0 Å².